The van der Waals surface area contributed by atoms with Crippen molar-refractivity contribution in [3.05, 3.63) is 70.1 Å². The Bertz CT molecular complexity index is 1230. The number of rotatable bonds is 5. The van der Waals surface area contributed by atoms with Crippen molar-refractivity contribution < 1.29 is 4.52 Å². The first-order valence-electron chi connectivity index (χ1n) is 9.81. The molecule has 0 atom stereocenters. The summed E-state index contributed by atoms with van der Waals surface area (Å²) in [6.45, 7) is 2.33. The van der Waals surface area contributed by atoms with Gasteiger partial charge in [-0.25, -0.2) is 9.97 Å². The summed E-state index contributed by atoms with van der Waals surface area (Å²) in [6.07, 6.45) is 6.28. The lowest BCUT2D eigenvalue weighted by Gasteiger charge is -2.33. The molecule has 5 rings (SSSR count). The third kappa shape index (κ3) is 3.35. The SMILES string of the molecule is Cc1cccc(CC2CC(c3noc(Cn4cnc5ncn(C)c5c4=O)n3)C2)c1. The van der Waals surface area contributed by atoms with Crippen LogP contribution >= 0.6 is 0 Å². The molecule has 1 saturated carbocycles. The molecule has 0 aliphatic heterocycles. The van der Waals surface area contributed by atoms with E-state index in [1.54, 1.807) is 17.9 Å². The van der Waals surface area contributed by atoms with Gasteiger partial charge in [0.05, 0.1) is 6.33 Å². The molecule has 3 heterocycles. The summed E-state index contributed by atoms with van der Waals surface area (Å²) in [5, 5.41) is 4.15. The van der Waals surface area contributed by atoms with E-state index in [0.29, 0.717) is 28.9 Å². The van der Waals surface area contributed by atoms with Crippen molar-refractivity contribution in [2.45, 2.75) is 38.6 Å². The highest BCUT2D eigenvalue weighted by molar-refractivity contribution is 5.68. The number of nitrogens with zero attached hydrogens (tertiary/aromatic N) is 6. The Hall–Kier alpha value is -3.29. The van der Waals surface area contributed by atoms with E-state index in [2.05, 4.69) is 51.3 Å². The van der Waals surface area contributed by atoms with Crippen molar-refractivity contribution in [3.8, 4) is 0 Å². The van der Waals surface area contributed by atoms with E-state index in [4.69, 9.17) is 4.52 Å². The molecule has 8 heteroatoms. The average molecular weight is 390 g/mol. The first-order chi connectivity index (χ1) is 14.1. The predicted octanol–water partition coefficient (Wildman–Crippen LogP) is 2.61. The van der Waals surface area contributed by atoms with Crippen molar-refractivity contribution in [2.75, 3.05) is 0 Å². The van der Waals surface area contributed by atoms with E-state index < -0.39 is 0 Å². The summed E-state index contributed by atoms with van der Waals surface area (Å²) in [5.74, 6) is 2.15. The smallest absolute Gasteiger partial charge is 0.280 e. The Morgan fingerprint density at radius 2 is 2.03 bits per heavy atom. The lowest BCUT2D eigenvalue weighted by atomic mass is 9.72. The Labute approximate surface area is 167 Å². The van der Waals surface area contributed by atoms with Crippen molar-refractivity contribution in [3.63, 3.8) is 0 Å². The topological polar surface area (TPSA) is 91.6 Å². The highest BCUT2D eigenvalue weighted by atomic mass is 16.5. The van der Waals surface area contributed by atoms with Crippen molar-refractivity contribution in [1.29, 1.82) is 0 Å². The second-order valence-corrected chi connectivity index (χ2v) is 7.98. The fourth-order valence-corrected chi connectivity index (χ4v) is 4.11. The van der Waals surface area contributed by atoms with Crippen LogP contribution in [0.1, 0.15) is 41.6 Å². The van der Waals surface area contributed by atoms with Crippen LogP contribution in [0.4, 0.5) is 0 Å². The Kier molecular flexibility index (Phi) is 4.26. The molecule has 1 fully saturated rings. The minimum absolute atomic E-state index is 0.170. The molecule has 1 aliphatic carbocycles. The van der Waals surface area contributed by atoms with Gasteiger partial charge in [0.2, 0.25) is 5.89 Å². The number of fused-ring (bicyclic) bond motifs is 1. The molecule has 0 radical (unpaired) electrons. The third-order valence-electron chi connectivity index (χ3n) is 5.70. The van der Waals surface area contributed by atoms with Crippen molar-refractivity contribution in [1.82, 2.24) is 29.2 Å². The summed E-state index contributed by atoms with van der Waals surface area (Å²) < 4.78 is 8.55. The van der Waals surface area contributed by atoms with Gasteiger partial charge >= 0.3 is 0 Å². The van der Waals surface area contributed by atoms with E-state index in [-0.39, 0.29) is 12.1 Å². The third-order valence-corrected chi connectivity index (χ3v) is 5.70. The van der Waals surface area contributed by atoms with Gasteiger partial charge in [0.1, 0.15) is 12.9 Å². The van der Waals surface area contributed by atoms with E-state index in [0.717, 1.165) is 25.1 Å². The molecule has 0 spiro atoms. The zero-order valence-corrected chi connectivity index (χ0v) is 16.4. The molecule has 8 nitrogen and oxygen atoms in total. The van der Waals surface area contributed by atoms with Crippen LogP contribution in [-0.4, -0.2) is 29.2 Å². The maximum atomic E-state index is 12.6. The maximum Gasteiger partial charge on any atom is 0.280 e. The summed E-state index contributed by atoms with van der Waals surface area (Å²) in [7, 11) is 1.78. The first kappa shape index (κ1) is 17.8. The lowest BCUT2D eigenvalue weighted by molar-refractivity contribution is 0.246. The standard InChI is InChI=1S/C21H22N6O2/c1-13-4-3-5-14(6-13)7-15-8-16(9-15)19-24-17(29-25-19)10-27-12-23-20-18(21(27)28)26(2)11-22-20/h3-6,11-12,15-16H,7-10H2,1-2H3. The van der Waals surface area contributed by atoms with Crippen LogP contribution in [0.2, 0.25) is 0 Å². The van der Waals surface area contributed by atoms with Gasteiger partial charge in [-0.1, -0.05) is 35.0 Å². The van der Waals surface area contributed by atoms with Gasteiger partial charge in [-0.3, -0.25) is 9.36 Å². The van der Waals surface area contributed by atoms with Gasteiger partial charge in [-0.2, -0.15) is 4.98 Å². The fraction of sp³-hybridized carbons (Fsp3) is 0.381. The molecule has 0 amide bonds. The molecule has 0 saturated heterocycles. The zero-order chi connectivity index (χ0) is 20.0. The highest BCUT2D eigenvalue weighted by Crippen LogP contribution is 2.42. The lowest BCUT2D eigenvalue weighted by Crippen LogP contribution is -2.25. The Morgan fingerprint density at radius 3 is 2.86 bits per heavy atom. The van der Waals surface area contributed by atoms with Gasteiger partial charge in [-0.05, 0) is 37.7 Å². The molecule has 0 N–H and O–H groups in total. The number of benzene rings is 1. The minimum Gasteiger partial charge on any atom is -0.337 e. The second-order valence-electron chi connectivity index (χ2n) is 7.98. The van der Waals surface area contributed by atoms with Gasteiger partial charge in [-0.15, -0.1) is 0 Å². The Morgan fingerprint density at radius 1 is 1.21 bits per heavy atom. The monoisotopic (exact) mass is 390 g/mol. The summed E-state index contributed by atoms with van der Waals surface area (Å²) in [5.41, 5.74) is 3.42. The van der Waals surface area contributed by atoms with Crippen LogP contribution in [0.15, 0.2) is 46.2 Å². The quantitative estimate of drug-likeness (QED) is 0.520. The van der Waals surface area contributed by atoms with Crippen LogP contribution in [0.25, 0.3) is 11.2 Å². The molecule has 0 unspecified atom stereocenters. The van der Waals surface area contributed by atoms with Crippen LogP contribution in [0.5, 0.6) is 0 Å². The minimum atomic E-state index is -0.170. The fourth-order valence-electron chi connectivity index (χ4n) is 4.11. The van der Waals surface area contributed by atoms with Crippen LogP contribution < -0.4 is 5.56 Å². The van der Waals surface area contributed by atoms with E-state index >= 15 is 0 Å². The average Bonchev–Trinajstić information content (AvgIpc) is 3.27. The largest absolute Gasteiger partial charge is 0.337 e. The predicted molar refractivity (Wildman–Crippen MR) is 107 cm³/mol. The van der Waals surface area contributed by atoms with Crippen LogP contribution in [0.3, 0.4) is 0 Å². The molecule has 1 aromatic carbocycles. The molecule has 148 valence electrons. The molecule has 0 bridgehead atoms. The molecule has 3 aromatic heterocycles. The van der Waals surface area contributed by atoms with E-state index in [1.165, 1.54) is 22.0 Å². The maximum absolute atomic E-state index is 12.6. The first-order valence-corrected chi connectivity index (χ1v) is 9.81. The molecular formula is C21H22N6O2. The van der Waals surface area contributed by atoms with E-state index in [9.17, 15) is 4.79 Å². The van der Waals surface area contributed by atoms with E-state index in [1.807, 2.05) is 0 Å². The Balaban J connectivity index is 1.25. The summed E-state index contributed by atoms with van der Waals surface area (Å²) >= 11 is 0. The van der Waals surface area contributed by atoms with Crippen LogP contribution in [0, 0.1) is 12.8 Å². The molecule has 29 heavy (non-hydrogen) atoms. The number of aromatic nitrogens is 6. The van der Waals surface area contributed by atoms with Gasteiger partial charge < -0.3 is 9.09 Å². The summed E-state index contributed by atoms with van der Waals surface area (Å²) in [6, 6.07) is 8.69. The molecule has 1 aliphatic rings. The molecule has 4 aromatic rings. The van der Waals surface area contributed by atoms with Gasteiger partial charge in [0, 0.05) is 13.0 Å². The number of aryl methyl sites for hydroxylation is 2. The summed E-state index contributed by atoms with van der Waals surface area (Å²) in [4.78, 5) is 25.5. The normalized spacial score (nSPS) is 18.8. The zero-order valence-electron chi connectivity index (χ0n) is 16.4. The van der Waals surface area contributed by atoms with Crippen molar-refractivity contribution >= 4 is 11.2 Å². The number of hydrogen-bond acceptors (Lipinski definition) is 6. The number of imidazole rings is 1. The molecular weight excluding hydrogens is 368 g/mol. The van der Waals surface area contributed by atoms with Crippen molar-refractivity contribution in [2.24, 2.45) is 13.0 Å². The van der Waals surface area contributed by atoms with Gasteiger partial charge in [0.15, 0.2) is 17.0 Å². The second kappa shape index (κ2) is 6.95. The van der Waals surface area contributed by atoms with Crippen LogP contribution in [-0.2, 0) is 20.0 Å². The number of hydrogen-bond donors (Lipinski definition) is 0. The highest BCUT2D eigenvalue weighted by Gasteiger charge is 2.33. The van der Waals surface area contributed by atoms with Gasteiger partial charge in [0.25, 0.3) is 5.56 Å².